The first-order chi connectivity index (χ1) is 6.44. The molecule has 2 atom stereocenters. The van der Waals surface area contributed by atoms with Crippen LogP contribution in [0.5, 0.6) is 0 Å². The van der Waals surface area contributed by atoms with Gasteiger partial charge in [0.25, 0.3) is 0 Å². The summed E-state index contributed by atoms with van der Waals surface area (Å²) in [6, 6.07) is -0.0918. The third-order valence-electron chi connectivity index (χ3n) is 2.35. The zero-order chi connectivity index (χ0) is 10.8. The van der Waals surface area contributed by atoms with Crippen LogP contribution in [0.15, 0.2) is 0 Å². The van der Waals surface area contributed by atoms with E-state index in [4.69, 9.17) is 5.73 Å². The number of sulfone groups is 1. The van der Waals surface area contributed by atoms with Gasteiger partial charge in [-0.2, -0.15) is 0 Å². The molecule has 0 aromatic heterocycles. The summed E-state index contributed by atoms with van der Waals surface area (Å²) < 4.78 is 22.2. The zero-order valence-electron chi connectivity index (χ0n) is 8.19. The van der Waals surface area contributed by atoms with E-state index in [1.807, 2.05) is 0 Å². The molecule has 1 heterocycles. The Kier molecular flexibility index (Phi) is 3.49. The summed E-state index contributed by atoms with van der Waals surface area (Å²) in [5.74, 6) is -0.462. The third-order valence-corrected chi connectivity index (χ3v) is 4.11. The highest BCUT2D eigenvalue weighted by atomic mass is 32.2. The summed E-state index contributed by atoms with van der Waals surface area (Å²) in [7, 11) is -2.98. The molecule has 1 amide bonds. The van der Waals surface area contributed by atoms with Gasteiger partial charge in [-0.3, -0.25) is 4.79 Å². The number of nitrogens with one attached hydrogen (secondary N) is 1. The van der Waals surface area contributed by atoms with E-state index < -0.39 is 9.84 Å². The van der Waals surface area contributed by atoms with Crippen LogP contribution in [0, 0.1) is 5.92 Å². The second-order valence-corrected chi connectivity index (χ2v) is 5.97. The number of hydrogen-bond acceptors (Lipinski definition) is 4. The van der Waals surface area contributed by atoms with Crippen molar-refractivity contribution in [3.05, 3.63) is 0 Å². The zero-order valence-corrected chi connectivity index (χ0v) is 9.01. The summed E-state index contributed by atoms with van der Waals surface area (Å²) in [4.78, 5) is 11.5. The van der Waals surface area contributed by atoms with E-state index in [1.54, 1.807) is 6.92 Å². The van der Waals surface area contributed by atoms with Crippen LogP contribution in [-0.4, -0.2) is 38.4 Å². The van der Waals surface area contributed by atoms with Crippen LogP contribution >= 0.6 is 0 Å². The maximum Gasteiger partial charge on any atom is 0.224 e. The van der Waals surface area contributed by atoms with Gasteiger partial charge in [-0.1, -0.05) is 0 Å². The second kappa shape index (κ2) is 4.27. The number of carbonyl (C=O) groups excluding carboxylic acids is 1. The van der Waals surface area contributed by atoms with Crippen molar-refractivity contribution in [2.45, 2.75) is 19.4 Å². The van der Waals surface area contributed by atoms with Crippen molar-refractivity contribution in [2.24, 2.45) is 11.7 Å². The highest BCUT2D eigenvalue weighted by Gasteiger charge is 2.33. The van der Waals surface area contributed by atoms with Gasteiger partial charge in [0, 0.05) is 12.6 Å². The topological polar surface area (TPSA) is 89.3 Å². The van der Waals surface area contributed by atoms with Gasteiger partial charge in [0.2, 0.25) is 5.91 Å². The summed E-state index contributed by atoms with van der Waals surface area (Å²) in [5, 5.41) is 2.68. The van der Waals surface area contributed by atoms with Gasteiger partial charge in [0.1, 0.15) is 0 Å². The number of hydrogen-bond donors (Lipinski definition) is 2. The Balaban J connectivity index is 2.48. The molecule has 1 aliphatic rings. The number of carbonyl (C=O) groups is 1. The van der Waals surface area contributed by atoms with Crippen molar-refractivity contribution in [1.82, 2.24) is 5.32 Å². The Morgan fingerprint density at radius 1 is 1.64 bits per heavy atom. The molecular formula is C8H16N2O3S. The molecule has 0 bridgehead atoms. The quantitative estimate of drug-likeness (QED) is 0.631. The molecule has 0 aromatic carbocycles. The van der Waals surface area contributed by atoms with Crippen molar-refractivity contribution in [3.63, 3.8) is 0 Å². The lowest BCUT2D eigenvalue weighted by atomic mass is 10.1. The molecule has 0 saturated carbocycles. The van der Waals surface area contributed by atoms with Gasteiger partial charge in [-0.05, 0) is 13.3 Å². The first-order valence-electron chi connectivity index (χ1n) is 4.65. The van der Waals surface area contributed by atoms with Gasteiger partial charge in [0.15, 0.2) is 9.84 Å². The van der Waals surface area contributed by atoms with E-state index in [1.165, 1.54) is 0 Å². The van der Waals surface area contributed by atoms with Gasteiger partial charge < -0.3 is 11.1 Å². The summed E-state index contributed by atoms with van der Waals surface area (Å²) in [6.45, 7) is 2.16. The standard InChI is InChI=1S/C8H16N2O3S/c1-6(4-9)10-8(11)7-2-3-14(12,13)5-7/h6-7H,2-5,9H2,1H3,(H,10,11). The lowest BCUT2D eigenvalue weighted by molar-refractivity contribution is -0.124. The SMILES string of the molecule is CC(CN)NC(=O)C1CCS(=O)(=O)C1. The Morgan fingerprint density at radius 3 is 2.71 bits per heavy atom. The van der Waals surface area contributed by atoms with E-state index in [0.29, 0.717) is 13.0 Å². The molecule has 1 fully saturated rings. The number of rotatable bonds is 3. The maximum absolute atomic E-state index is 11.5. The molecule has 5 nitrogen and oxygen atoms in total. The Bertz CT molecular complexity index is 313. The van der Waals surface area contributed by atoms with E-state index in [0.717, 1.165) is 0 Å². The fourth-order valence-corrected chi connectivity index (χ4v) is 3.16. The highest BCUT2D eigenvalue weighted by Crippen LogP contribution is 2.18. The molecule has 0 aromatic rings. The molecule has 6 heteroatoms. The predicted molar refractivity (Wildman–Crippen MR) is 53.4 cm³/mol. The Morgan fingerprint density at radius 2 is 2.29 bits per heavy atom. The number of nitrogens with two attached hydrogens (primary N) is 1. The van der Waals surface area contributed by atoms with Gasteiger partial charge in [0.05, 0.1) is 17.4 Å². The fourth-order valence-electron chi connectivity index (χ4n) is 1.42. The average molecular weight is 220 g/mol. The first-order valence-corrected chi connectivity index (χ1v) is 6.47. The summed E-state index contributed by atoms with van der Waals surface area (Å²) in [6.07, 6.45) is 0.436. The molecule has 1 saturated heterocycles. The van der Waals surface area contributed by atoms with Crippen LogP contribution in [-0.2, 0) is 14.6 Å². The smallest absolute Gasteiger partial charge is 0.224 e. The lowest BCUT2D eigenvalue weighted by Crippen LogP contribution is -2.41. The van der Waals surface area contributed by atoms with Crippen LogP contribution in [0.1, 0.15) is 13.3 Å². The van der Waals surface area contributed by atoms with Crippen molar-refractivity contribution >= 4 is 15.7 Å². The molecule has 0 aliphatic carbocycles. The van der Waals surface area contributed by atoms with Crippen LogP contribution in [0.3, 0.4) is 0 Å². The van der Waals surface area contributed by atoms with Crippen LogP contribution in [0.2, 0.25) is 0 Å². The predicted octanol–water partition coefficient (Wildman–Crippen LogP) is -1.12. The van der Waals surface area contributed by atoms with Crippen LogP contribution < -0.4 is 11.1 Å². The van der Waals surface area contributed by atoms with E-state index in [2.05, 4.69) is 5.32 Å². The molecule has 82 valence electrons. The van der Waals surface area contributed by atoms with Crippen LogP contribution in [0.4, 0.5) is 0 Å². The summed E-state index contributed by atoms with van der Waals surface area (Å²) >= 11 is 0. The molecule has 0 spiro atoms. The molecule has 14 heavy (non-hydrogen) atoms. The van der Waals surface area contributed by atoms with Crippen LogP contribution in [0.25, 0.3) is 0 Å². The molecule has 0 radical (unpaired) electrons. The fraction of sp³-hybridized carbons (Fsp3) is 0.875. The highest BCUT2D eigenvalue weighted by molar-refractivity contribution is 7.91. The van der Waals surface area contributed by atoms with Gasteiger partial charge in [-0.15, -0.1) is 0 Å². The first kappa shape index (κ1) is 11.5. The van der Waals surface area contributed by atoms with Crippen molar-refractivity contribution in [3.8, 4) is 0 Å². The minimum Gasteiger partial charge on any atom is -0.352 e. The molecule has 2 unspecified atom stereocenters. The minimum absolute atomic E-state index is 0.0177. The normalized spacial score (nSPS) is 27.1. The van der Waals surface area contributed by atoms with E-state index in [9.17, 15) is 13.2 Å². The minimum atomic E-state index is -2.98. The van der Waals surface area contributed by atoms with E-state index in [-0.39, 0.29) is 29.4 Å². The van der Waals surface area contributed by atoms with Crippen molar-refractivity contribution in [1.29, 1.82) is 0 Å². The third kappa shape index (κ3) is 2.95. The Labute approximate surface area is 84.0 Å². The monoisotopic (exact) mass is 220 g/mol. The molecule has 1 aliphatic heterocycles. The Hall–Kier alpha value is -0.620. The average Bonchev–Trinajstić information content (AvgIpc) is 2.46. The summed E-state index contributed by atoms with van der Waals surface area (Å²) in [5.41, 5.74) is 5.34. The molecule has 3 N–H and O–H groups in total. The molecular weight excluding hydrogens is 204 g/mol. The largest absolute Gasteiger partial charge is 0.352 e. The van der Waals surface area contributed by atoms with Crippen molar-refractivity contribution < 1.29 is 13.2 Å². The maximum atomic E-state index is 11.5. The number of amides is 1. The molecule has 1 rings (SSSR count). The lowest BCUT2D eigenvalue weighted by Gasteiger charge is -2.14. The second-order valence-electron chi connectivity index (χ2n) is 3.75. The van der Waals surface area contributed by atoms with Gasteiger partial charge >= 0.3 is 0 Å². The van der Waals surface area contributed by atoms with E-state index >= 15 is 0 Å². The van der Waals surface area contributed by atoms with Gasteiger partial charge in [-0.25, -0.2) is 8.42 Å². The van der Waals surface area contributed by atoms with Crippen molar-refractivity contribution in [2.75, 3.05) is 18.1 Å².